The molecule has 2 aliphatic rings. The number of fused-ring (bicyclic) bond motifs is 2. The number of aromatic nitrogens is 4. The van der Waals surface area contributed by atoms with Crippen molar-refractivity contribution in [2.24, 2.45) is 38.9 Å². The molecule has 11 nitrogen and oxygen atoms in total. The average Bonchev–Trinajstić information content (AvgIpc) is 3.44. The Kier molecular flexibility index (Phi) is 13.4. The van der Waals surface area contributed by atoms with E-state index in [1.54, 1.807) is 49.4 Å². The van der Waals surface area contributed by atoms with E-state index in [0.717, 1.165) is 41.5 Å². The molecule has 2 amide bonds. The Morgan fingerprint density at radius 1 is 0.906 bits per heavy atom. The van der Waals surface area contributed by atoms with E-state index in [-0.39, 0.29) is 58.3 Å². The van der Waals surface area contributed by atoms with Gasteiger partial charge in [-0.2, -0.15) is 13.2 Å². The second kappa shape index (κ2) is 16.4. The van der Waals surface area contributed by atoms with Crippen LogP contribution in [0, 0.1) is 24.7 Å². The number of ketones is 2. The molecule has 0 saturated carbocycles. The SMILES string of the molecule is CC(=O)c1c2c(c(C)n(C)c1=O)CC(C(C)C)CC2.CC(C)c1cc2c(nc1C(F)(F)F)n(C)c(=O)n2C.CCC1C(C(=O)C(C)C)N(C)C(=O)N1C. The van der Waals surface area contributed by atoms with E-state index in [1.165, 1.54) is 37.2 Å². The van der Waals surface area contributed by atoms with Gasteiger partial charge in [-0.15, -0.1) is 0 Å². The number of imidazole rings is 1. The quantitative estimate of drug-likeness (QED) is 0.269. The number of alkyl halides is 3. The van der Waals surface area contributed by atoms with Crippen LogP contribution in [0.1, 0.15) is 113 Å². The highest BCUT2D eigenvalue weighted by Gasteiger charge is 2.45. The Labute approximate surface area is 310 Å². The number of hydrogen-bond acceptors (Lipinski definition) is 6. The lowest BCUT2D eigenvalue weighted by Gasteiger charge is -2.30. The lowest BCUT2D eigenvalue weighted by molar-refractivity contribution is -0.141. The molecule has 0 N–H and O–H groups in total. The van der Waals surface area contributed by atoms with E-state index in [9.17, 15) is 37.1 Å². The number of likely N-dealkylation sites (N-methyl/N-ethyl adjacent to an activating group) is 2. The molecule has 3 aromatic heterocycles. The molecule has 4 heterocycles. The molecule has 0 aromatic carbocycles. The molecule has 294 valence electrons. The predicted octanol–water partition coefficient (Wildman–Crippen LogP) is 6.43. The molecular weight excluding hydrogens is 689 g/mol. The zero-order chi connectivity index (χ0) is 40.6. The third-order valence-corrected chi connectivity index (χ3v) is 11.0. The normalized spacial score (nSPS) is 18.7. The van der Waals surface area contributed by atoms with Gasteiger partial charge in [0.25, 0.3) is 5.56 Å². The van der Waals surface area contributed by atoms with E-state index in [2.05, 4.69) is 18.8 Å². The monoisotopic (exact) mass is 746 g/mol. The largest absolute Gasteiger partial charge is 0.433 e. The van der Waals surface area contributed by atoms with Gasteiger partial charge in [-0.05, 0) is 80.0 Å². The maximum absolute atomic E-state index is 13.0. The number of pyridine rings is 2. The van der Waals surface area contributed by atoms with Crippen molar-refractivity contribution in [3.8, 4) is 0 Å². The highest BCUT2D eigenvalue weighted by atomic mass is 19.4. The van der Waals surface area contributed by atoms with Crippen LogP contribution in [0.2, 0.25) is 0 Å². The molecule has 1 aliphatic carbocycles. The zero-order valence-corrected chi connectivity index (χ0v) is 33.7. The number of urea groups is 1. The molecule has 3 unspecified atom stereocenters. The molecule has 0 spiro atoms. The number of carbonyl (C=O) groups excluding carboxylic acids is 3. The lowest BCUT2D eigenvalue weighted by Crippen LogP contribution is -2.43. The molecule has 0 bridgehead atoms. The van der Waals surface area contributed by atoms with Gasteiger partial charge in [0.15, 0.2) is 17.2 Å². The van der Waals surface area contributed by atoms with Crippen LogP contribution < -0.4 is 11.2 Å². The highest BCUT2D eigenvalue weighted by Crippen LogP contribution is 2.36. The Morgan fingerprint density at radius 3 is 1.96 bits per heavy atom. The molecule has 1 saturated heterocycles. The summed E-state index contributed by atoms with van der Waals surface area (Å²) in [7, 11) is 8.17. The van der Waals surface area contributed by atoms with Gasteiger partial charge in [0.05, 0.1) is 17.1 Å². The van der Waals surface area contributed by atoms with Gasteiger partial charge in [0, 0.05) is 46.9 Å². The van der Waals surface area contributed by atoms with E-state index in [4.69, 9.17) is 0 Å². The van der Waals surface area contributed by atoms with Gasteiger partial charge in [-0.25, -0.2) is 14.6 Å². The summed E-state index contributed by atoms with van der Waals surface area (Å²) in [5.41, 5.74) is 2.80. The fourth-order valence-corrected chi connectivity index (χ4v) is 7.48. The summed E-state index contributed by atoms with van der Waals surface area (Å²) in [6, 6.07) is 1.10. The lowest BCUT2D eigenvalue weighted by atomic mass is 9.76. The minimum absolute atomic E-state index is 0.0224. The molecule has 53 heavy (non-hydrogen) atoms. The molecule has 1 fully saturated rings. The van der Waals surface area contributed by atoms with Gasteiger partial charge in [0.2, 0.25) is 0 Å². The summed E-state index contributed by atoms with van der Waals surface area (Å²) >= 11 is 0. The van der Waals surface area contributed by atoms with E-state index in [1.807, 2.05) is 27.7 Å². The third-order valence-electron chi connectivity index (χ3n) is 11.0. The number of nitrogens with zero attached hydrogens (tertiary/aromatic N) is 6. The van der Waals surface area contributed by atoms with E-state index >= 15 is 0 Å². The summed E-state index contributed by atoms with van der Waals surface area (Å²) in [4.78, 5) is 66.4. The number of hydrogen-bond donors (Lipinski definition) is 0. The number of halogens is 3. The van der Waals surface area contributed by atoms with Crippen molar-refractivity contribution < 1.29 is 27.6 Å². The number of aryl methyl sites for hydroxylation is 2. The van der Waals surface area contributed by atoms with Gasteiger partial charge in [0.1, 0.15) is 11.7 Å². The third kappa shape index (κ3) is 8.46. The second-order valence-electron chi connectivity index (χ2n) is 15.4. The minimum atomic E-state index is -4.53. The van der Waals surface area contributed by atoms with Crippen LogP contribution in [0.15, 0.2) is 15.7 Å². The molecule has 0 radical (unpaired) electrons. The molecule has 1 aliphatic heterocycles. The van der Waals surface area contributed by atoms with Crippen molar-refractivity contribution in [2.75, 3.05) is 14.1 Å². The zero-order valence-electron chi connectivity index (χ0n) is 33.7. The summed E-state index contributed by atoms with van der Waals surface area (Å²) in [5, 5.41) is 0. The topological polar surface area (TPSA) is 120 Å². The minimum Gasteiger partial charge on any atom is -0.322 e. The highest BCUT2D eigenvalue weighted by molar-refractivity contribution is 5.95. The number of amides is 2. The maximum Gasteiger partial charge on any atom is 0.433 e. The number of carbonyl (C=O) groups is 3. The maximum atomic E-state index is 13.0. The number of rotatable bonds is 6. The smallest absolute Gasteiger partial charge is 0.322 e. The van der Waals surface area contributed by atoms with Crippen molar-refractivity contribution in [1.82, 2.24) is 28.5 Å². The molecule has 3 atom stereocenters. The van der Waals surface area contributed by atoms with E-state index in [0.29, 0.717) is 22.9 Å². The van der Waals surface area contributed by atoms with Crippen LogP contribution in [-0.4, -0.2) is 72.3 Å². The fraction of sp³-hybridized carbons (Fsp3) is 0.641. The van der Waals surface area contributed by atoms with Crippen LogP contribution in [-0.2, 0) is 45.0 Å². The second-order valence-corrected chi connectivity index (χ2v) is 15.4. The summed E-state index contributed by atoms with van der Waals surface area (Å²) in [6.45, 7) is 17.1. The Bertz CT molecular complexity index is 1990. The van der Waals surface area contributed by atoms with Crippen LogP contribution in [0.3, 0.4) is 0 Å². The molecular formula is C39H57F3N6O5. The predicted molar refractivity (Wildman–Crippen MR) is 200 cm³/mol. The van der Waals surface area contributed by atoms with Gasteiger partial charge in [-0.1, -0.05) is 48.5 Å². The summed E-state index contributed by atoms with van der Waals surface area (Å²) in [6.07, 6.45) is -0.774. The molecule has 14 heteroatoms. The van der Waals surface area contributed by atoms with Crippen molar-refractivity contribution in [3.63, 3.8) is 0 Å². The Hall–Kier alpha value is -4.23. The average molecular weight is 747 g/mol. The first-order valence-corrected chi connectivity index (χ1v) is 18.3. The first-order valence-electron chi connectivity index (χ1n) is 18.3. The number of Topliss-reactive ketones (excluding diaryl/α,β-unsaturated/α-hetero) is 2. The van der Waals surface area contributed by atoms with Crippen molar-refractivity contribution in [3.05, 3.63) is 60.5 Å². The van der Waals surface area contributed by atoms with Crippen molar-refractivity contribution in [2.45, 2.75) is 112 Å². The van der Waals surface area contributed by atoms with Crippen LogP contribution in [0.4, 0.5) is 18.0 Å². The fourth-order valence-electron chi connectivity index (χ4n) is 7.48. The summed E-state index contributed by atoms with van der Waals surface area (Å²) in [5.74, 6) is 1.01. The van der Waals surface area contributed by atoms with Gasteiger partial charge in [-0.3, -0.25) is 23.5 Å². The first kappa shape index (κ1) is 43.2. The van der Waals surface area contributed by atoms with Crippen LogP contribution in [0.5, 0.6) is 0 Å². The molecule has 3 aromatic rings. The van der Waals surface area contributed by atoms with Crippen LogP contribution >= 0.6 is 0 Å². The van der Waals surface area contributed by atoms with Gasteiger partial charge < -0.3 is 14.4 Å². The van der Waals surface area contributed by atoms with Gasteiger partial charge >= 0.3 is 17.9 Å². The van der Waals surface area contributed by atoms with Crippen LogP contribution in [0.25, 0.3) is 11.2 Å². The molecule has 5 rings (SSSR count). The van der Waals surface area contributed by atoms with Crippen molar-refractivity contribution in [1.29, 1.82) is 0 Å². The Balaban J connectivity index is 0.000000216. The summed E-state index contributed by atoms with van der Waals surface area (Å²) < 4.78 is 43.1. The first-order chi connectivity index (χ1) is 24.4. The Morgan fingerprint density at radius 2 is 1.49 bits per heavy atom. The van der Waals surface area contributed by atoms with E-state index < -0.39 is 17.6 Å². The van der Waals surface area contributed by atoms with Crippen molar-refractivity contribution >= 4 is 28.8 Å². The standard InChI is InChI=1S/C16H23NO2.C12H14F3N3O.C11H20N2O2/c1-9(2)12-6-7-13-14(8-12)10(3)17(5)16(19)15(13)11(4)18;1-6(2)7-5-8-10(16-9(7)12(13,14)15)18(4)11(19)17(8)3;1-6-8-9(10(14)7(2)3)13(5)11(15)12(8)4/h9,12H,6-8H2,1-5H3;5-6H,1-4H3;7-9H,6H2,1-5H3.